The van der Waals surface area contributed by atoms with Gasteiger partial charge in [-0.15, -0.1) is 0 Å². The van der Waals surface area contributed by atoms with Gasteiger partial charge in [0.25, 0.3) is 0 Å². The van der Waals surface area contributed by atoms with Gasteiger partial charge in [0.05, 0.1) is 0 Å². The number of aldehydes is 1. The number of hydrogen-bond donors (Lipinski definition) is 0. The number of nitrogens with zero attached hydrogens (tertiary/aromatic N) is 1. The molecule has 0 aromatic heterocycles. The van der Waals surface area contributed by atoms with Crippen LogP contribution >= 0.6 is 0 Å². The van der Waals surface area contributed by atoms with E-state index in [1.165, 1.54) is 0 Å². The van der Waals surface area contributed by atoms with Crippen LogP contribution in [-0.2, 0) is 4.79 Å². The molecule has 0 saturated heterocycles. The van der Waals surface area contributed by atoms with E-state index in [-0.39, 0.29) is 0 Å². The number of hydrogen-bond acceptors (Lipinski definition) is 2. The first-order chi connectivity index (χ1) is 4.93. The monoisotopic (exact) mass is 135 g/mol. The molecule has 0 aromatic carbocycles. The Morgan fingerprint density at radius 1 is 1.70 bits per heavy atom. The fourth-order valence-corrected chi connectivity index (χ4v) is 0.780. The molecule has 2 nitrogen and oxygen atoms in total. The number of rotatable bonds is 2. The van der Waals surface area contributed by atoms with Crippen molar-refractivity contribution in [3.05, 3.63) is 23.9 Å². The lowest BCUT2D eigenvalue weighted by Crippen LogP contribution is -1.78. The highest BCUT2D eigenvalue weighted by Crippen LogP contribution is 2.04. The van der Waals surface area contributed by atoms with Crippen LogP contribution in [-0.4, -0.2) is 12.5 Å². The minimum atomic E-state index is 0.500. The van der Waals surface area contributed by atoms with Gasteiger partial charge in [0.15, 0.2) is 0 Å². The van der Waals surface area contributed by atoms with E-state index in [2.05, 4.69) is 4.99 Å². The van der Waals surface area contributed by atoms with Gasteiger partial charge in [0.1, 0.15) is 6.29 Å². The standard InChI is InChI=1S/C8H9NO/c10-7-4-8-2-1-5-9-6-3-8/h2-3,5-7H,1,4H2. The van der Waals surface area contributed by atoms with E-state index in [1.54, 1.807) is 6.20 Å². The summed E-state index contributed by atoms with van der Waals surface area (Å²) in [6.07, 6.45) is 9.62. The number of carbonyl (C=O) groups is 1. The van der Waals surface area contributed by atoms with Crippen molar-refractivity contribution in [2.24, 2.45) is 4.99 Å². The van der Waals surface area contributed by atoms with Crippen molar-refractivity contribution in [1.29, 1.82) is 0 Å². The van der Waals surface area contributed by atoms with Crippen molar-refractivity contribution in [1.82, 2.24) is 0 Å². The Hall–Kier alpha value is -1.18. The van der Waals surface area contributed by atoms with Crippen LogP contribution in [0.3, 0.4) is 0 Å². The number of allylic oxidation sites excluding steroid dienone is 3. The maximum atomic E-state index is 10.1. The van der Waals surface area contributed by atoms with E-state index in [1.807, 2.05) is 18.4 Å². The average Bonchev–Trinajstić information content (AvgIpc) is 2.17. The topological polar surface area (TPSA) is 29.4 Å². The molecule has 0 fully saturated rings. The third-order valence-corrected chi connectivity index (χ3v) is 1.28. The highest BCUT2D eigenvalue weighted by atomic mass is 16.1. The zero-order valence-electron chi connectivity index (χ0n) is 5.66. The number of aliphatic imine (C=N–C) groups is 1. The van der Waals surface area contributed by atoms with E-state index in [0.717, 1.165) is 18.3 Å². The third-order valence-electron chi connectivity index (χ3n) is 1.28. The van der Waals surface area contributed by atoms with Crippen LogP contribution in [0.1, 0.15) is 12.8 Å². The van der Waals surface area contributed by atoms with Gasteiger partial charge in [-0.1, -0.05) is 6.08 Å². The van der Waals surface area contributed by atoms with Crippen molar-refractivity contribution < 1.29 is 4.79 Å². The number of carbonyl (C=O) groups excluding carboxylic acids is 1. The summed E-state index contributed by atoms with van der Waals surface area (Å²) in [6, 6.07) is 0. The zero-order valence-corrected chi connectivity index (χ0v) is 5.66. The second-order valence-corrected chi connectivity index (χ2v) is 2.03. The van der Waals surface area contributed by atoms with E-state index in [9.17, 15) is 4.79 Å². The van der Waals surface area contributed by atoms with E-state index < -0.39 is 0 Å². The summed E-state index contributed by atoms with van der Waals surface area (Å²) >= 11 is 0. The minimum Gasteiger partial charge on any atom is -0.303 e. The van der Waals surface area contributed by atoms with Gasteiger partial charge in [-0.2, -0.15) is 0 Å². The highest BCUT2D eigenvalue weighted by molar-refractivity contribution is 5.64. The predicted molar refractivity (Wildman–Crippen MR) is 41.0 cm³/mol. The summed E-state index contributed by atoms with van der Waals surface area (Å²) < 4.78 is 0. The molecule has 1 heterocycles. The van der Waals surface area contributed by atoms with Crippen molar-refractivity contribution in [2.45, 2.75) is 12.8 Å². The normalized spacial score (nSPS) is 16.2. The molecule has 1 rings (SSSR count). The molecule has 52 valence electrons. The Labute approximate surface area is 60.0 Å². The van der Waals surface area contributed by atoms with E-state index in [4.69, 9.17) is 0 Å². The SMILES string of the molecule is O=CCC1=CCC=NC=C1. The van der Waals surface area contributed by atoms with Crippen LogP contribution in [0.5, 0.6) is 0 Å². The maximum Gasteiger partial charge on any atom is 0.124 e. The summed E-state index contributed by atoms with van der Waals surface area (Å²) in [7, 11) is 0. The van der Waals surface area contributed by atoms with Crippen molar-refractivity contribution >= 4 is 12.5 Å². The molecule has 0 amide bonds. The molecule has 0 bridgehead atoms. The van der Waals surface area contributed by atoms with Gasteiger partial charge >= 0.3 is 0 Å². The molecular weight excluding hydrogens is 126 g/mol. The van der Waals surface area contributed by atoms with Gasteiger partial charge in [0, 0.05) is 25.3 Å². The first kappa shape index (κ1) is 6.93. The first-order valence-electron chi connectivity index (χ1n) is 3.24. The lowest BCUT2D eigenvalue weighted by atomic mass is 10.2. The molecule has 0 N–H and O–H groups in total. The highest BCUT2D eigenvalue weighted by Gasteiger charge is 1.91. The molecule has 0 spiro atoms. The average molecular weight is 135 g/mol. The fraction of sp³-hybridized carbons (Fsp3) is 0.250. The summed E-state index contributed by atoms with van der Waals surface area (Å²) in [5.41, 5.74) is 1.05. The second-order valence-electron chi connectivity index (χ2n) is 2.03. The predicted octanol–water partition coefficient (Wildman–Crippen LogP) is 1.49. The maximum absolute atomic E-state index is 10.1. The lowest BCUT2D eigenvalue weighted by molar-refractivity contribution is -0.107. The minimum absolute atomic E-state index is 0.500. The molecule has 0 radical (unpaired) electrons. The summed E-state index contributed by atoms with van der Waals surface area (Å²) in [5, 5.41) is 0. The summed E-state index contributed by atoms with van der Waals surface area (Å²) in [6.45, 7) is 0. The molecule has 0 aliphatic carbocycles. The second kappa shape index (κ2) is 3.77. The van der Waals surface area contributed by atoms with Crippen LogP contribution < -0.4 is 0 Å². The van der Waals surface area contributed by atoms with Crippen LogP contribution in [0.25, 0.3) is 0 Å². The Kier molecular flexibility index (Phi) is 2.62. The summed E-state index contributed by atoms with van der Waals surface area (Å²) in [5.74, 6) is 0. The van der Waals surface area contributed by atoms with Crippen molar-refractivity contribution in [3.8, 4) is 0 Å². The Bertz CT molecular complexity index is 201. The van der Waals surface area contributed by atoms with Gasteiger partial charge in [-0.3, -0.25) is 4.99 Å². The van der Waals surface area contributed by atoms with Crippen LogP contribution in [0.15, 0.2) is 28.9 Å². The van der Waals surface area contributed by atoms with E-state index >= 15 is 0 Å². The van der Waals surface area contributed by atoms with E-state index in [0.29, 0.717) is 6.42 Å². The van der Waals surface area contributed by atoms with Crippen LogP contribution in [0, 0.1) is 0 Å². The molecule has 10 heavy (non-hydrogen) atoms. The van der Waals surface area contributed by atoms with Gasteiger partial charge in [-0.25, -0.2) is 0 Å². The van der Waals surface area contributed by atoms with Gasteiger partial charge in [-0.05, 0) is 11.6 Å². The zero-order chi connectivity index (χ0) is 7.23. The Morgan fingerprint density at radius 3 is 3.40 bits per heavy atom. The molecule has 0 aromatic rings. The van der Waals surface area contributed by atoms with Gasteiger partial charge < -0.3 is 4.79 Å². The summed E-state index contributed by atoms with van der Waals surface area (Å²) in [4.78, 5) is 14.0. The smallest absolute Gasteiger partial charge is 0.124 e. The van der Waals surface area contributed by atoms with Gasteiger partial charge in [0.2, 0.25) is 0 Å². The van der Waals surface area contributed by atoms with Crippen molar-refractivity contribution in [2.75, 3.05) is 0 Å². The van der Waals surface area contributed by atoms with Crippen LogP contribution in [0.2, 0.25) is 0 Å². The molecule has 1 aliphatic heterocycles. The molecule has 1 aliphatic rings. The first-order valence-corrected chi connectivity index (χ1v) is 3.24. The fourth-order valence-electron chi connectivity index (χ4n) is 0.780. The van der Waals surface area contributed by atoms with Crippen molar-refractivity contribution in [3.63, 3.8) is 0 Å². The molecular formula is C8H9NO. The molecule has 2 heteroatoms. The molecule has 0 saturated carbocycles. The Morgan fingerprint density at radius 2 is 2.60 bits per heavy atom. The third kappa shape index (κ3) is 1.97. The van der Waals surface area contributed by atoms with Crippen LogP contribution in [0.4, 0.5) is 0 Å². The Balaban J connectivity index is 2.59. The lowest BCUT2D eigenvalue weighted by Gasteiger charge is -1.89. The molecule has 0 atom stereocenters. The molecule has 0 unspecified atom stereocenters. The largest absolute Gasteiger partial charge is 0.303 e. The quantitative estimate of drug-likeness (QED) is 0.527.